The normalized spacial score (nSPS) is 15.2. The molecule has 1 fully saturated rings. The highest BCUT2D eigenvalue weighted by molar-refractivity contribution is 7.14. The molecule has 2 aromatic carbocycles. The summed E-state index contributed by atoms with van der Waals surface area (Å²) in [4.78, 5) is 79.8. The molecule has 3 aromatic heterocycles. The first kappa shape index (κ1) is 48.1. The molecule has 6 rings (SSSR count). The maximum Gasteiger partial charge on any atom is 0.413 e. The number of rotatable bonds is 18. The monoisotopic (exact) mass is 926 g/mol. The summed E-state index contributed by atoms with van der Waals surface area (Å²) in [5.74, 6) is -3.07. The molecular formula is C46H52N7O12S+. The van der Waals surface area contributed by atoms with Crippen LogP contribution < -0.4 is 30.2 Å². The van der Waals surface area contributed by atoms with E-state index >= 15 is 0 Å². The van der Waals surface area contributed by atoms with Gasteiger partial charge in [-0.15, -0.1) is 11.3 Å². The molecule has 66 heavy (non-hydrogen) atoms. The van der Waals surface area contributed by atoms with Gasteiger partial charge in [-0.1, -0.05) is 65.8 Å². The van der Waals surface area contributed by atoms with E-state index in [0.29, 0.717) is 0 Å². The zero-order chi connectivity index (χ0) is 47.8. The molecule has 19 nitrogen and oxygen atoms in total. The van der Waals surface area contributed by atoms with Crippen LogP contribution in [0.1, 0.15) is 89.1 Å². The number of nitrogens with one attached hydrogen (secondary N) is 3. The minimum absolute atomic E-state index is 0.00380. The molecule has 0 aliphatic carbocycles. The Bertz CT molecular complexity index is 2580. The summed E-state index contributed by atoms with van der Waals surface area (Å²) in [5, 5.41) is 24.5. The van der Waals surface area contributed by atoms with Crippen LogP contribution in [-0.2, 0) is 41.9 Å². The zero-order valence-corrected chi connectivity index (χ0v) is 38.5. The number of carbonyl (C=O) groups is 5. The lowest BCUT2D eigenvalue weighted by atomic mass is 9.84. The van der Waals surface area contributed by atoms with Gasteiger partial charge in [-0.2, -0.15) is 4.98 Å². The Hall–Kier alpha value is -7.35. The van der Waals surface area contributed by atoms with Crippen molar-refractivity contribution in [1.82, 2.24) is 20.6 Å². The summed E-state index contributed by atoms with van der Waals surface area (Å²) in [6.07, 6.45) is 1.25. The molecule has 20 heteroatoms. The Morgan fingerprint density at radius 2 is 1.48 bits per heavy atom. The van der Waals surface area contributed by atoms with E-state index in [1.807, 2.05) is 60.7 Å². The van der Waals surface area contributed by atoms with Crippen LogP contribution in [0, 0.1) is 5.92 Å². The predicted molar refractivity (Wildman–Crippen MR) is 238 cm³/mol. The van der Waals surface area contributed by atoms with Crippen LogP contribution in [0.4, 0.5) is 9.93 Å². The fraction of sp³-hybridized carbons (Fsp3) is 0.370. The van der Waals surface area contributed by atoms with E-state index in [4.69, 9.17) is 28.2 Å². The number of thiazole rings is 1. The predicted octanol–water partition coefficient (Wildman–Crippen LogP) is 6.17. The van der Waals surface area contributed by atoms with Crippen molar-refractivity contribution < 1.29 is 62.1 Å². The smallest absolute Gasteiger partial charge is 0.413 e. The lowest BCUT2D eigenvalue weighted by Crippen LogP contribution is -2.62. The van der Waals surface area contributed by atoms with Crippen LogP contribution in [0.2, 0.25) is 0 Å². The molecule has 1 saturated heterocycles. The number of amides is 3. The summed E-state index contributed by atoms with van der Waals surface area (Å²) in [5.41, 5.74) is -1.91. The summed E-state index contributed by atoms with van der Waals surface area (Å²) >= 11 is 0.980. The molecule has 1 aliphatic heterocycles. The van der Waals surface area contributed by atoms with Crippen molar-refractivity contribution in [2.24, 2.45) is 11.1 Å². The second kappa shape index (κ2) is 20.2. The van der Waals surface area contributed by atoms with Crippen molar-refractivity contribution in [3.8, 4) is 23.1 Å². The van der Waals surface area contributed by atoms with Crippen molar-refractivity contribution >= 4 is 51.8 Å². The Morgan fingerprint density at radius 1 is 0.864 bits per heavy atom. The molecule has 5 aromatic rings. The number of oxazole rings is 1. The second-order valence-electron chi connectivity index (χ2n) is 17.6. The summed E-state index contributed by atoms with van der Waals surface area (Å²) < 4.78 is 29.3. The van der Waals surface area contributed by atoms with Gasteiger partial charge in [0.15, 0.2) is 28.1 Å². The van der Waals surface area contributed by atoms with Crippen LogP contribution in [0.3, 0.4) is 0 Å². The van der Waals surface area contributed by atoms with E-state index in [9.17, 15) is 29.2 Å². The minimum atomic E-state index is -1.65. The Morgan fingerprint density at radius 3 is 2.09 bits per heavy atom. The van der Waals surface area contributed by atoms with Crippen LogP contribution >= 0.6 is 11.3 Å². The number of hydrogen-bond acceptors (Lipinski definition) is 16. The number of esters is 1. The lowest BCUT2D eigenvalue weighted by Gasteiger charge is -2.36. The van der Waals surface area contributed by atoms with E-state index in [-0.39, 0.29) is 65.1 Å². The van der Waals surface area contributed by atoms with Gasteiger partial charge < -0.3 is 38.8 Å². The summed E-state index contributed by atoms with van der Waals surface area (Å²) in [6.45, 7) is 13.3. The Labute approximate surface area is 384 Å². The SMILES string of the molecule is CC(C)(C)OC(=O)Nc1nc(/C(=N/OC(C)(C)C(=O)OC(C)(C)C)C(=O)C[C@@H]2C(=O)N[C@@H]2CNC(=O)c2coc(-c3cc(OCc4ccccc4)c(OCc4ccccc4)c[n+]3O)n2)cs1. The third-order valence-corrected chi connectivity index (χ3v) is 10.1. The number of pyridine rings is 1. The maximum atomic E-state index is 14.0. The van der Waals surface area contributed by atoms with Crippen molar-refractivity contribution in [2.75, 3.05) is 11.9 Å². The molecule has 0 unspecified atom stereocenters. The molecule has 0 saturated carbocycles. The number of carbonyl (C=O) groups excluding carboxylic acids is 5. The largest absolute Gasteiger partial charge is 0.484 e. The number of anilines is 1. The van der Waals surface area contributed by atoms with Gasteiger partial charge in [0, 0.05) is 23.1 Å². The van der Waals surface area contributed by atoms with E-state index in [2.05, 4.69) is 31.1 Å². The van der Waals surface area contributed by atoms with Crippen LogP contribution in [0.15, 0.2) is 94.1 Å². The van der Waals surface area contributed by atoms with E-state index in [0.717, 1.165) is 33.5 Å². The van der Waals surface area contributed by atoms with Crippen LogP contribution in [-0.4, -0.2) is 79.9 Å². The molecule has 0 spiro atoms. The third-order valence-electron chi connectivity index (χ3n) is 9.34. The van der Waals surface area contributed by atoms with Gasteiger partial charge in [-0.05, 0) is 66.5 Å². The molecular weight excluding hydrogens is 875 g/mol. The highest BCUT2D eigenvalue weighted by Gasteiger charge is 2.42. The first-order valence-electron chi connectivity index (χ1n) is 20.8. The molecule has 2 atom stereocenters. The number of ether oxygens (including phenoxy) is 4. The van der Waals surface area contributed by atoms with Gasteiger partial charge in [-0.3, -0.25) is 24.9 Å². The van der Waals surface area contributed by atoms with E-state index in [1.54, 1.807) is 41.5 Å². The van der Waals surface area contributed by atoms with Crippen molar-refractivity contribution in [1.29, 1.82) is 0 Å². The number of ketones is 1. The number of benzene rings is 2. The molecule has 0 bridgehead atoms. The molecule has 4 N–H and O–H groups in total. The molecule has 0 radical (unpaired) electrons. The summed E-state index contributed by atoms with van der Waals surface area (Å²) in [7, 11) is 0. The van der Waals surface area contributed by atoms with Crippen LogP contribution in [0.5, 0.6) is 11.5 Å². The number of Topliss-reactive ketones (excluding diaryl/α,β-unsaturated/α-hetero) is 1. The quantitative estimate of drug-likeness (QED) is 0.0192. The first-order valence-corrected chi connectivity index (χ1v) is 21.7. The van der Waals surface area contributed by atoms with Crippen molar-refractivity contribution in [3.63, 3.8) is 0 Å². The zero-order valence-electron chi connectivity index (χ0n) is 37.7. The molecule has 4 heterocycles. The standard InChI is InChI=1S/C46H51N7O12S/c1-44(2,3)63-41(57)46(7,8)65-52-37(32-26-66-42(50-32)51-43(58)64-45(4,5)6)34(54)19-29-30(48-38(29)55)21-47-39(56)31-25-62-40(49-31)33-20-35(60-23-27-15-11-9-12-16-27)36(22-53(33)59)61-24-28-17-13-10-14-18-28/h9-18,20,22,25-26,29-30H,19,21,23-24H2,1-8H3,(H3-,47,48,49,50,51,55,56,58,59)/p+1/b52-37-/t29-,30+/m0/s1. The molecule has 348 valence electrons. The topological polar surface area (TPSA) is 243 Å². The van der Waals surface area contributed by atoms with Crippen molar-refractivity contribution in [2.45, 2.75) is 97.9 Å². The summed E-state index contributed by atoms with van der Waals surface area (Å²) in [6, 6.07) is 19.7. The maximum absolute atomic E-state index is 14.0. The minimum Gasteiger partial charge on any atom is -0.484 e. The van der Waals surface area contributed by atoms with Gasteiger partial charge >= 0.3 is 17.8 Å². The average molecular weight is 927 g/mol. The molecule has 3 amide bonds. The number of oxime groups is 1. The Balaban J connectivity index is 1.14. The van der Waals surface area contributed by atoms with Gasteiger partial charge in [-0.25, -0.2) is 14.6 Å². The van der Waals surface area contributed by atoms with Crippen molar-refractivity contribution in [3.05, 3.63) is 107 Å². The average Bonchev–Trinajstić information content (AvgIpc) is 3.93. The highest BCUT2D eigenvalue weighted by atomic mass is 32.1. The van der Waals surface area contributed by atoms with Gasteiger partial charge in [0.25, 0.3) is 18.0 Å². The lowest BCUT2D eigenvalue weighted by molar-refractivity contribution is -0.896. The van der Waals surface area contributed by atoms with E-state index in [1.165, 1.54) is 31.5 Å². The molecule has 1 aliphatic rings. The first-order chi connectivity index (χ1) is 31.1. The van der Waals surface area contributed by atoms with Gasteiger partial charge in [0.2, 0.25) is 17.3 Å². The number of nitrogens with zero attached hydrogens (tertiary/aromatic N) is 4. The van der Waals surface area contributed by atoms with E-state index < -0.39 is 64.8 Å². The number of aromatic nitrogens is 3. The van der Waals surface area contributed by atoms with Gasteiger partial charge in [0.1, 0.15) is 36.4 Å². The fourth-order valence-corrected chi connectivity index (χ4v) is 6.70. The Kier molecular flexibility index (Phi) is 14.7. The van der Waals surface area contributed by atoms with Gasteiger partial charge in [0.05, 0.1) is 18.0 Å². The third kappa shape index (κ3) is 13.1. The number of β-lactam (4-membered cyclic amide) rings is 1. The highest BCUT2D eigenvalue weighted by Crippen LogP contribution is 2.31. The number of hydrogen-bond donors (Lipinski definition) is 4. The van der Waals surface area contributed by atoms with Crippen LogP contribution in [0.25, 0.3) is 11.6 Å². The fourth-order valence-electron chi connectivity index (χ4n) is 6.02. The second-order valence-corrected chi connectivity index (χ2v) is 18.4.